The number of alkyl halides is 1. The maximum atomic E-state index is 6.23. The second-order valence-corrected chi connectivity index (χ2v) is 5.22. The van der Waals surface area contributed by atoms with Crippen LogP contribution >= 0.6 is 11.6 Å². The molecule has 0 aliphatic carbocycles. The van der Waals surface area contributed by atoms with Crippen molar-refractivity contribution in [3.05, 3.63) is 24.3 Å². The van der Waals surface area contributed by atoms with Crippen molar-refractivity contribution in [2.75, 3.05) is 7.11 Å². The third-order valence-corrected chi connectivity index (χ3v) is 3.22. The summed E-state index contributed by atoms with van der Waals surface area (Å²) < 4.78 is 8.75. The lowest BCUT2D eigenvalue weighted by Gasteiger charge is -2.07. The third kappa shape index (κ3) is 2.42. The molecule has 21 heavy (non-hydrogen) atoms. The van der Waals surface area contributed by atoms with E-state index in [1.807, 2.05) is 18.5 Å². The zero-order chi connectivity index (χ0) is 15.0. The molecule has 0 N–H and O–H groups in total. The van der Waals surface area contributed by atoms with E-state index in [0.717, 1.165) is 0 Å². The van der Waals surface area contributed by atoms with E-state index < -0.39 is 0 Å². The van der Waals surface area contributed by atoms with Crippen LogP contribution in [0.25, 0.3) is 11.2 Å². The van der Waals surface area contributed by atoms with Gasteiger partial charge in [0, 0.05) is 7.05 Å². The Labute approximate surface area is 125 Å². The monoisotopic (exact) mass is 307 g/mol. The minimum Gasteiger partial charge on any atom is -0.479 e. The molecule has 0 aliphatic heterocycles. The fraction of sp³-hybridized carbons (Fsp3) is 0.417. The van der Waals surface area contributed by atoms with Crippen LogP contribution in [0.4, 0.5) is 0 Å². The van der Waals surface area contributed by atoms with Gasteiger partial charge in [0.15, 0.2) is 17.0 Å². The molecule has 3 heterocycles. The van der Waals surface area contributed by atoms with E-state index in [9.17, 15) is 0 Å². The summed E-state index contributed by atoms with van der Waals surface area (Å²) in [5.41, 5.74) is 1.23. The van der Waals surface area contributed by atoms with Crippen molar-refractivity contribution in [3.63, 3.8) is 0 Å². The number of ether oxygens (including phenoxy) is 1. The van der Waals surface area contributed by atoms with Crippen molar-refractivity contribution >= 4 is 22.8 Å². The van der Waals surface area contributed by atoms with E-state index in [4.69, 9.17) is 16.3 Å². The molecule has 9 heteroatoms. The molecule has 0 aromatic carbocycles. The van der Waals surface area contributed by atoms with Gasteiger partial charge in [0.2, 0.25) is 5.88 Å². The van der Waals surface area contributed by atoms with E-state index in [2.05, 4.69) is 25.0 Å². The number of aromatic nitrogens is 7. The number of nitrogens with zero attached hydrogens (tertiary/aromatic N) is 7. The highest BCUT2D eigenvalue weighted by Gasteiger charge is 2.20. The average molecular weight is 308 g/mol. The number of hydrogen-bond donors (Lipinski definition) is 0. The predicted molar refractivity (Wildman–Crippen MR) is 76.2 cm³/mol. The molecular formula is C12H14ClN7O. The third-order valence-electron chi connectivity index (χ3n) is 3.02. The molecule has 0 fully saturated rings. The molecule has 0 saturated heterocycles. The Kier molecular flexibility index (Phi) is 3.46. The molecule has 1 unspecified atom stereocenters. The highest BCUT2D eigenvalue weighted by Crippen LogP contribution is 2.27. The Morgan fingerprint density at radius 1 is 1.33 bits per heavy atom. The van der Waals surface area contributed by atoms with Gasteiger partial charge in [-0.1, -0.05) is 0 Å². The Hall–Kier alpha value is -2.22. The second-order valence-electron chi connectivity index (χ2n) is 4.56. The van der Waals surface area contributed by atoms with Gasteiger partial charge in [-0.05, 0) is 6.92 Å². The van der Waals surface area contributed by atoms with Crippen LogP contribution in [0.3, 0.4) is 0 Å². The van der Waals surface area contributed by atoms with Gasteiger partial charge in [-0.15, -0.1) is 11.6 Å². The molecule has 1 atom stereocenters. The molecule has 110 valence electrons. The zero-order valence-corrected chi connectivity index (χ0v) is 12.6. The summed E-state index contributed by atoms with van der Waals surface area (Å²) in [6.45, 7) is 2.29. The molecule has 3 rings (SSSR count). The Morgan fingerprint density at radius 3 is 2.76 bits per heavy atom. The quantitative estimate of drug-likeness (QED) is 0.676. The van der Waals surface area contributed by atoms with Crippen LogP contribution in [-0.4, -0.2) is 41.4 Å². The summed E-state index contributed by atoms with van der Waals surface area (Å²) in [6.07, 6.45) is 3.09. The van der Waals surface area contributed by atoms with Crippen LogP contribution in [0, 0.1) is 0 Å². The normalized spacial score (nSPS) is 12.8. The van der Waals surface area contributed by atoms with Gasteiger partial charge in [0.05, 0.1) is 19.0 Å². The van der Waals surface area contributed by atoms with E-state index in [1.165, 1.54) is 6.33 Å². The van der Waals surface area contributed by atoms with E-state index in [0.29, 0.717) is 35.2 Å². The standard InChI is InChI=1S/C12H14ClN7O/c1-7(13)10-17-9-11(14-5-15-12(9)21-3)20(10)4-8-16-6-19(2)18-8/h5-7H,4H2,1-3H3. The maximum Gasteiger partial charge on any atom is 0.245 e. The maximum absolute atomic E-state index is 6.23. The molecule has 3 aromatic heterocycles. The predicted octanol–water partition coefficient (Wildman–Crippen LogP) is 1.31. The molecule has 0 spiro atoms. The van der Waals surface area contributed by atoms with Crippen molar-refractivity contribution < 1.29 is 4.74 Å². The lowest BCUT2D eigenvalue weighted by molar-refractivity contribution is 0.401. The summed E-state index contributed by atoms with van der Waals surface area (Å²) in [7, 11) is 3.36. The van der Waals surface area contributed by atoms with Gasteiger partial charge >= 0.3 is 0 Å². The molecule has 0 amide bonds. The van der Waals surface area contributed by atoms with Crippen LogP contribution in [0.15, 0.2) is 12.7 Å². The summed E-state index contributed by atoms with van der Waals surface area (Å²) >= 11 is 6.23. The Morgan fingerprint density at radius 2 is 2.14 bits per heavy atom. The summed E-state index contributed by atoms with van der Waals surface area (Å²) in [6, 6.07) is 0. The highest BCUT2D eigenvalue weighted by molar-refractivity contribution is 6.20. The molecule has 0 aliphatic rings. The minimum atomic E-state index is -0.285. The minimum absolute atomic E-state index is 0.285. The summed E-state index contributed by atoms with van der Waals surface area (Å²) in [5.74, 6) is 1.76. The van der Waals surface area contributed by atoms with Crippen molar-refractivity contribution in [3.8, 4) is 5.88 Å². The van der Waals surface area contributed by atoms with Crippen LogP contribution in [0.2, 0.25) is 0 Å². The first-order valence-corrected chi connectivity index (χ1v) is 6.77. The summed E-state index contributed by atoms with van der Waals surface area (Å²) in [4.78, 5) is 17.1. The lowest BCUT2D eigenvalue weighted by Crippen LogP contribution is -2.08. The Bertz CT molecular complexity index is 779. The fourth-order valence-electron chi connectivity index (χ4n) is 2.14. The number of halogens is 1. The lowest BCUT2D eigenvalue weighted by atomic mass is 10.4. The number of methoxy groups -OCH3 is 1. The van der Waals surface area contributed by atoms with E-state index in [1.54, 1.807) is 18.1 Å². The van der Waals surface area contributed by atoms with Crippen molar-refractivity contribution in [2.24, 2.45) is 7.05 Å². The first kappa shape index (κ1) is 13.7. The largest absolute Gasteiger partial charge is 0.479 e. The molecule has 3 aromatic rings. The van der Waals surface area contributed by atoms with Crippen LogP contribution in [0.1, 0.15) is 23.9 Å². The van der Waals surface area contributed by atoms with E-state index >= 15 is 0 Å². The number of fused-ring (bicyclic) bond motifs is 1. The number of aryl methyl sites for hydroxylation is 1. The average Bonchev–Trinajstić information content (AvgIpc) is 3.03. The smallest absolute Gasteiger partial charge is 0.245 e. The zero-order valence-electron chi connectivity index (χ0n) is 11.9. The molecule has 0 saturated carbocycles. The second kappa shape index (κ2) is 5.28. The number of imidazole rings is 1. The Balaban J connectivity index is 2.16. The van der Waals surface area contributed by atoms with Gasteiger partial charge in [-0.2, -0.15) is 10.1 Å². The SMILES string of the molecule is COc1ncnc2c1nc(C(C)Cl)n2Cc1ncn(C)n1. The highest BCUT2D eigenvalue weighted by atomic mass is 35.5. The molecular weight excluding hydrogens is 294 g/mol. The fourth-order valence-corrected chi connectivity index (χ4v) is 2.31. The summed E-state index contributed by atoms with van der Waals surface area (Å²) in [5, 5.41) is 3.99. The van der Waals surface area contributed by atoms with Crippen molar-refractivity contribution in [1.82, 2.24) is 34.3 Å². The molecule has 0 radical (unpaired) electrons. The topological polar surface area (TPSA) is 83.5 Å². The van der Waals surface area contributed by atoms with Crippen LogP contribution in [0.5, 0.6) is 5.88 Å². The van der Waals surface area contributed by atoms with Gasteiger partial charge in [0.25, 0.3) is 0 Å². The van der Waals surface area contributed by atoms with Crippen LogP contribution in [-0.2, 0) is 13.6 Å². The molecule has 0 bridgehead atoms. The van der Waals surface area contributed by atoms with Gasteiger partial charge in [0.1, 0.15) is 18.5 Å². The number of rotatable bonds is 4. The first-order chi connectivity index (χ1) is 10.1. The van der Waals surface area contributed by atoms with Gasteiger partial charge in [-0.25, -0.2) is 15.0 Å². The van der Waals surface area contributed by atoms with Gasteiger partial charge in [-0.3, -0.25) is 4.68 Å². The number of hydrogen-bond acceptors (Lipinski definition) is 6. The van der Waals surface area contributed by atoms with Crippen molar-refractivity contribution in [2.45, 2.75) is 18.8 Å². The first-order valence-electron chi connectivity index (χ1n) is 6.34. The van der Waals surface area contributed by atoms with Crippen LogP contribution < -0.4 is 4.74 Å². The van der Waals surface area contributed by atoms with E-state index in [-0.39, 0.29) is 5.38 Å². The van der Waals surface area contributed by atoms with Crippen molar-refractivity contribution in [1.29, 1.82) is 0 Å². The van der Waals surface area contributed by atoms with Gasteiger partial charge < -0.3 is 9.30 Å². The molecule has 8 nitrogen and oxygen atoms in total.